The average Bonchev–Trinajstić information content (AvgIpc) is 2.47. The summed E-state index contributed by atoms with van der Waals surface area (Å²) in [7, 11) is 2.97. The van der Waals surface area contributed by atoms with Gasteiger partial charge in [-0.3, -0.25) is 9.59 Å². The number of nitrogens with one attached hydrogen (secondary N) is 1. The summed E-state index contributed by atoms with van der Waals surface area (Å²) >= 11 is 0. The number of fused-ring (bicyclic) bond motifs is 1. The molecule has 0 saturated heterocycles. The summed E-state index contributed by atoms with van der Waals surface area (Å²) in [4.78, 5) is 25.4. The number of benzene rings is 1. The molecule has 0 atom stereocenters. The Bertz CT molecular complexity index is 530. The number of aryl methyl sites for hydroxylation is 1. The second-order valence-electron chi connectivity index (χ2n) is 4.91. The average molecular weight is 292 g/mol. The molecule has 1 N–H and O–H groups in total. The van der Waals surface area contributed by atoms with E-state index in [0.717, 1.165) is 24.1 Å². The molecule has 0 saturated carbocycles. The zero-order chi connectivity index (χ0) is 15.2. The van der Waals surface area contributed by atoms with Crippen molar-refractivity contribution in [2.45, 2.75) is 12.8 Å². The van der Waals surface area contributed by atoms with Crippen molar-refractivity contribution in [2.24, 2.45) is 0 Å². The second kappa shape index (κ2) is 7.19. The van der Waals surface area contributed by atoms with Crippen molar-refractivity contribution in [3.05, 3.63) is 23.8 Å². The Morgan fingerprint density at radius 3 is 2.71 bits per heavy atom. The molecule has 0 aromatic heterocycles. The summed E-state index contributed by atoms with van der Waals surface area (Å²) in [6.07, 6.45) is 1.86. The molecule has 1 aromatic rings. The number of methoxy groups -OCH3 is 2. The number of ether oxygens (including phenoxy) is 2. The van der Waals surface area contributed by atoms with Gasteiger partial charge in [0, 0.05) is 32.1 Å². The molecule has 1 aliphatic heterocycles. The third-order valence-corrected chi connectivity index (χ3v) is 3.33. The molecule has 0 bridgehead atoms. The lowest BCUT2D eigenvalue weighted by Gasteiger charge is -2.29. The molecule has 0 spiro atoms. The van der Waals surface area contributed by atoms with Gasteiger partial charge in [0.05, 0.1) is 0 Å². The molecule has 0 radical (unpaired) electrons. The van der Waals surface area contributed by atoms with Crippen molar-refractivity contribution in [3.63, 3.8) is 0 Å². The maximum absolute atomic E-state index is 12.1. The van der Waals surface area contributed by atoms with Gasteiger partial charge in [0.2, 0.25) is 5.91 Å². The maximum Gasteiger partial charge on any atom is 0.252 e. The zero-order valence-corrected chi connectivity index (χ0v) is 12.3. The van der Waals surface area contributed by atoms with Gasteiger partial charge >= 0.3 is 0 Å². The van der Waals surface area contributed by atoms with Gasteiger partial charge in [-0.1, -0.05) is 6.07 Å². The van der Waals surface area contributed by atoms with E-state index in [0.29, 0.717) is 12.2 Å². The highest BCUT2D eigenvalue weighted by molar-refractivity contribution is 5.97. The Labute approximate surface area is 124 Å². The minimum absolute atomic E-state index is 0.00338. The monoisotopic (exact) mass is 292 g/mol. The molecule has 2 rings (SSSR count). The van der Waals surface area contributed by atoms with Crippen molar-refractivity contribution >= 4 is 23.2 Å². The van der Waals surface area contributed by atoms with E-state index in [1.54, 1.807) is 4.90 Å². The molecule has 1 aromatic carbocycles. The molecule has 0 aliphatic carbocycles. The van der Waals surface area contributed by atoms with Gasteiger partial charge in [0.25, 0.3) is 5.91 Å². The van der Waals surface area contributed by atoms with Crippen molar-refractivity contribution in [3.8, 4) is 0 Å². The second-order valence-corrected chi connectivity index (χ2v) is 4.91. The van der Waals surface area contributed by atoms with Gasteiger partial charge in [0.1, 0.15) is 13.2 Å². The highest BCUT2D eigenvalue weighted by atomic mass is 16.5. The van der Waals surface area contributed by atoms with Crippen LogP contribution in [0.5, 0.6) is 0 Å². The molecule has 21 heavy (non-hydrogen) atoms. The van der Waals surface area contributed by atoms with Crippen LogP contribution in [0.3, 0.4) is 0 Å². The molecular formula is C15H20N2O4. The van der Waals surface area contributed by atoms with Crippen LogP contribution in [0.4, 0.5) is 11.4 Å². The first-order valence-corrected chi connectivity index (χ1v) is 6.86. The molecule has 1 aliphatic rings. The number of hydrogen-bond donors (Lipinski definition) is 1. The van der Waals surface area contributed by atoms with Crippen LogP contribution in [0.15, 0.2) is 18.2 Å². The van der Waals surface area contributed by atoms with Crippen LogP contribution in [-0.4, -0.2) is 45.8 Å². The number of carbonyl (C=O) groups is 2. The minimum Gasteiger partial charge on any atom is -0.375 e. The molecule has 0 unspecified atom stereocenters. The van der Waals surface area contributed by atoms with E-state index in [1.165, 1.54) is 14.2 Å². The molecule has 6 heteroatoms. The van der Waals surface area contributed by atoms with E-state index >= 15 is 0 Å². The summed E-state index contributed by atoms with van der Waals surface area (Å²) in [6, 6.07) is 5.62. The number of anilines is 2. The summed E-state index contributed by atoms with van der Waals surface area (Å²) in [5, 5.41) is 2.75. The van der Waals surface area contributed by atoms with E-state index in [-0.39, 0.29) is 25.0 Å². The fourth-order valence-electron chi connectivity index (χ4n) is 2.44. The van der Waals surface area contributed by atoms with E-state index in [1.807, 2.05) is 18.2 Å². The Kier molecular flexibility index (Phi) is 5.30. The van der Waals surface area contributed by atoms with Crippen molar-refractivity contribution in [1.82, 2.24) is 0 Å². The maximum atomic E-state index is 12.1. The first-order chi connectivity index (χ1) is 10.2. The van der Waals surface area contributed by atoms with Crippen molar-refractivity contribution in [2.75, 3.05) is 44.2 Å². The van der Waals surface area contributed by atoms with Crippen LogP contribution in [0.2, 0.25) is 0 Å². The Hall–Kier alpha value is -1.92. The Morgan fingerprint density at radius 2 is 2.00 bits per heavy atom. The van der Waals surface area contributed by atoms with Gasteiger partial charge < -0.3 is 19.7 Å². The van der Waals surface area contributed by atoms with Gasteiger partial charge in [-0.15, -0.1) is 0 Å². The lowest BCUT2D eigenvalue weighted by Crippen LogP contribution is -2.37. The first-order valence-electron chi connectivity index (χ1n) is 6.86. The van der Waals surface area contributed by atoms with E-state index < -0.39 is 0 Å². The van der Waals surface area contributed by atoms with E-state index in [4.69, 9.17) is 9.47 Å². The third kappa shape index (κ3) is 3.80. The van der Waals surface area contributed by atoms with Crippen LogP contribution in [0.25, 0.3) is 0 Å². The molecule has 114 valence electrons. The zero-order valence-electron chi connectivity index (χ0n) is 12.3. The highest BCUT2D eigenvalue weighted by Gasteiger charge is 2.22. The van der Waals surface area contributed by atoms with Crippen molar-refractivity contribution in [1.29, 1.82) is 0 Å². The van der Waals surface area contributed by atoms with Crippen LogP contribution in [-0.2, 0) is 25.5 Å². The summed E-state index contributed by atoms with van der Waals surface area (Å²) in [5.74, 6) is -0.290. The topological polar surface area (TPSA) is 67.9 Å². The van der Waals surface area contributed by atoms with Crippen LogP contribution in [0.1, 0.15) is 12.0 Å². The normalized spacial score (nSPS) is 13.7. The van der Waals surface area contributed by atoms with E-state index in [9.17, 15) is 9.59 Å². The predicted molar refractivity (Wildman–Crippen MR) is 79.5 cm³/mol. The summed E-state index contributed by atoms with van der Waals surface area (Å²) in [6.45, 7) is 0.730. The fraction of sp³-hybridized carbons (Fsp3) is 0.467. The minimum atomic E-state index is -0.219. The van der Waals surface area contributed by atoms with Gasteiger partial charge in [-0.05, 0) is 30.5 Å². The quantitative estimate of drug-likeness (QED) is 0.885. The van der Waals surface area contributed by atoms with Gasteiger partial charge in [-0.25, -0.2) is 0 Å². The number of carbonyl (C=O) groups excluding carboxylic acids is 2. The Morgan fingerprint density at radius 1 is 1.24 bits per heavy atom. The molecule has 1 heterocycles. The van der Waals surface area contributed by atoms with Crippen molar-refractivity contribution < 1.29 is 19.1 Å². The van der Waals surface area contributed by atoms with Gasteiger partial charge in [-0.2, -0.15) is 0 Å². The number of rotatable bonds is 5. The van der Waals surface area contributed by atoms with Crippen LogP contribution < -0.4 is 10.2 Å². The van der Waals surface area contributed by atoms with E-state index in [2.05, 4.69) is 5.32 Å². The predicted octanol–water partition coefficient (Wildman–Crippen LogP) is 1.20. The van der Waals surface area contributed by atoms with Crippen LogP contribution >= 0.6 is 0 Å². The lowest BCUT2D eigenvalue weighted by atomic mass is 10.0. The number of amides is 2. The van der Waals surface area contributed by atoms with Crippen LogP contribution in [0, 0.1) is 0 Å². The summed E-state index contributed by atoms with van der Waals surface area (Å²) < 4.78 is 9.71. The summed E-state index contributed by atoms with van der Waals surface area (Å²) in [5.41, 5.74) is 2.61. The SMILES string of the molecule is COCC(=O)Nc1ccc2c(c1)N(C(=O)COC)CCC2. The molecular weight excluding hydrogens is 272 g/mol. The molecule has 0 fully saturated rings. The standard InChI is InChI=1S/C15H20N2O4/c1-20-9-14(18)16-12-6-5-11-4-3-7-17(13(11)8-12)15(19)10-21-2/h5-6,8H,3-4,7,9-10H2,1-2H3,(H,16,18). The smallest absolute Gasteiger partial charge is 0.252 e. The first kappa shape index (κ1) is 15.5. The largest absolute Gasteiger partial charge is 0.375 e. The fourth-order valence-corrected chi connectivity index (χ4v) is 2.44. The lowest BCUT2D eigenvalue weighted by molar-refractivity contribution is -0.122. The third-order valence-electron chi connectivity index (χ3n) is 3.33. The number of nitrogens with zero attached hydrogens (tertiary/aromatic N) is 1. The number of hydrogen-bond acceptors (Lipinski definition) is 4. The molecule has 6 nitrogen and oxygen atoms in total. The Balaban J connectivity index is 2.21. The molecule has 2 amide bonds. The van der Waals surface area contributed by atoms with Gasteiger partial charge in [0.15, 0.2) is 0 Å². The highest BCUT2D eigenvalue weighted by Crippen LogP contribution is 2.30.